The second kappa shape index (κ2) is 4.80. The van der Waals surface area contributed by atoms with Gasteiger partial charge in [-0.2, -0.15) is 0 Å². The van der Waals surface area contributed by atoms with Crippen LogP contribution in [0.15, 0.2) is 0 Å². The summed E-state index contributed by atoms with van der Waals surface area (Å²) in [6.07, 6.45) is 0.757. The van der Waals surface area contributed by atoms with Crippen molar-refractivity contribution in [1.82, 2.24) is 10.2 Å². The lowest BCUT2D eigenvalue weighted by Gasteiger charge is -2.36. The maximum Gasteiger partial charge on any atom is 0.0719 e. The molecule has 0 aliphatic carbocycles. The smallest absolute Gasteiger partial charge is 0.0719 e. The SMILES string of the molecule is CCN(CC)[C@H]1CNCC[C@@H]1O. The third-order valence-corrected chi connectivity index (χ3v) is 2.70. The molecule has 1 aliphatic rings. The summed E-state index contributed by atoms with van der Waals surface area (Å²) in [7, 11) is 0. The Kier molecular flexibility index (Phi) is 3.98. The predicted octanol–water partition coefficient (Wildman–Crippen LogP) is 0.0510. The zero-order chi connectivity index (χ0) is 8.97. The van der Waals surface area contributed by atoms with Gasteiger partial charge < -0.3 is 10.4 Å². The molecule has 1 fully saturated rings. The third kappa shape index (κ3) is 2.19. The van der Waals surface area contributed by atoms with Gasteiger partial charge in [0.05, 0.1) is 6.10 Å². The van der Waals surface area contributed by atoms with Gasteiger partial charge >= 0.3 is 0 Å². The van der Waals surface area contributed by atoms with Gasteiger partial charge in [-0.15, -0.1) is 0 Å². The highest BCUT2D eigenvalue weighted by molar-refractivity contribution is 4.84. The molecule has 0 saturated carbocycles. The molecule has 12 heavy (non-hydrogen) atoms. The maximum absolute atomic E-state index is 9.72. The van der Waals surface area contributed by atoms with Crippen molar-refractivity contribution in [3.63, 3.8) is 0 Å². The highest BCUT2D eigenvalue weighted by Gasteiger charge is 2.26. The summed E-state index contributed by atoms with van der Waals surface area (Å²) < 4.78 is 0. The lowest BCUT2D eigenvalue weighted by Crippen LogP contribution is -2.53. The minimum atomic E-state index is -0.133. The molecule has 3 nitrogen and oxygen atoms in total. The molecule has 1 heterocycles. The Hall–Kier alpha value is -0.120. The van der Waals surface area contributed by atoms with E-state index in [-0.39, 0.29) is 6.10 Å². The van der Waals surface area contributed by atoms with E-state index < -0.39 is 0 Å². The number of aliphatic hydroxyl groups is 1. The van der Waals surface area contributed by atoms with Crippen LogP contribution in [0, 0.1) is 0 Å². The van der Waals surface area contributed by atoms with E-state index in [1.165, 1.54) is 0 Å². The van der Waals surface area contributed by atoms with E-state index in [0.717, 1.165) is 32.6 Å². The van der Waals surface area contributed by atoms with Crippen LogP contribution in [0.25, 0.3) is 0 Å². The van der Waals surface area contributed by atoms with Gasteiger partial charge in [-0.3, -0.25) is 4.90 Å². The van der Waals surface area contributed by atoms with Crippen LogP contribution >= 0.6 is 0 Å². The zero-order valence-electron chi connectivity index (χ0n) is 8.08. The van der Waals surface area contributed by atoms with E-state index in [2.05, 4.69) is 24.1 Å². The Morgan fingerprint density at radius 1 is 1.42 bits per heavy atom. The number of likely N-dealkylation sites (N-methyl/N-ethyl adjacent to an activating group) is 1. The summed E-state index contributed by atoms with van der Waals surface area (Å²) in [6.45, 7) is 8.23. The van der Waals surface area contributed by atoms with Crippen molar-refractivity contribution < 1.29 is 5.11 Å². The van der Waals surface area contributed by atoms with Crippen LogP contribution in [-0.4, -0.2) is 48.3 Å². The molecule has 0 radical (unpaired) electrons. The second-order valence-electron chi connectivity index (χ2n) is 3.35. The molecule has 1 rings (SSSR count). The molecule has 0 spiro atoms. The highest BCUT2D eigenvalue weighted by atomic mass is 16.3. The van der Waals surface area contributed by atoms with Gasteiger partial charge in [-0.05, 0) is 26.1 Å². The Labute approximate surface area is 74.8 Å². The van der Waals surface area contributed by atoms with Crippen LogP contribution < -0.4 is 5.32 Å². The number of rotatable bonds is 3. The summed E-state index contributed by atoms with van der Waals surface area (Å²) in [6, 6.07) is 0.328. The number of aliphatic hydroxyl groups excluding tert-OH is 1. The number of nitrogens with zero attached hydrogens (tertiary/aromatic N) is 1. The van der Waals surface area contributed by atoms with Crippen LogP contribution in [-0.2, 0) is 0 Å². The second-order valence-corrected chi connectivity index (χ2v) is 3.35. The molecular weight excluding hydrogens is 152 g/mol. The minimum absolute atomic E-state index is 0.133. The van der Waals surface area contributed by atoms with E-state index in [1.807, 2.05) is 0 Å². The molecule has 0 aromatic heterocycles. The van der Waals surface area contributed by atoms with E-state index in [1.54, 1.807) is 0 Å². The van der Waals surface area contributed by atoms with Crippen molar-refractivity contribution in [2.45, 2.75) is 32.4 Å². The molecule has 1 saturated heterocycles. The molecule has 0 aromatic rings. The zero-order valence-corrected chi connectivity index (χ0v) is 8.08. The molecule has 3 heteroatoms. The van der Waals surface area contributed by atoms with E-state index in [0.29, 0.717) is 6.04 Å². The summed E-state index contributed by atoms with van der Waals surface area (Å²) >= 11 is 0. The maximum atomic E-state index is 9.72. The third-order valence-electron chi connectivity index (χ3n) is 2.70. The molecule has 2 atom stereocenters. The first kappa shape index (κ1) is 9.96. The molecule has 0 unspecified atom stereocenters. The lowest BCUT2D eigenvalue weighted by molar-refractivity contribution is 0.0331. The average molecular weight is 172 g/mol. The standard InChI is InChI=1S/C9H20N2O/c1-3-11(4-2)8-7-10-6-5-9(8)12/h8-10,12H,3-7H2,1-2H3/t8-,9-/m0/s1. The van der Waals surface area contributed by atoms with Crippen molar-refractivity contribution in [2.75, 3.05) is 26.2 Å². The molecular formula is C9H20N2O. The van der Waals surface area contributed by atoms with Crippen molar-refractivity contribution in [3.8, 4) is 0 Å². The topological polar surface area (TPSA) is 35.5 Å². The fourth-order valence-electron chi connectivity index (χ4n) is 1.89. The van der Waals surface area contributed by atoms with Crippen molar-refractivity contribution in [2.24, 2.45) is 0 Å². The van der Waals surface area contributed by atoms with Crippen molar-refractivity contribution in [1.29, 1.82) is 0 Å². The Morgan fingerprint density at radius 2 is 2.08 bits per heavy atom. The first-order valence-electron chi connectivity index (χ1n) is 4.92. The lowest BCUT2D eigenvalue weighted by atomic mass is 10.0. The molecule has 0 amide bonds. The molecule has 0 bridgehead atoms. The Morgan fingerprint density at radius 3 is 2.58 bits per heavy atom. The number of hydrogen-bond donors (Lipinski definition) is 2. The average Bonchev–Trinajstić information content (AvgIpc) is 2.10. The normalized spacial score (nSPS) is 31.0. The predicted molar refractivity (Wildman–Crippen MR) is 50.2 cm³/mol. The molecule has 2 N–H and O–H groups in total. The summed E-state index contributed by atoms with van der Waals surface area (Å²) in [5.41, 5.74) is 0. The fraction of sp³-hybridized carbons (Fsp3) is 1.00. The van der Waals surface area contributed by atoms with Gasteiger partial charge in [0.25, 0.3) is 0 Å². The van der Waals surface area contributed by atoms with E-state index in [9.17, 15) is 5.11 Å². The van der Waals surface area contributed by atoms with E-state index in [4.69, 9.17) is 0 Å². The quantitative estimate of drug-likeness (QED) is 0.631. The van der Waals surface area contributed by atoms with Gasteiger partial charge in [-0.25, -0.2) is 0 Å². The molecule has 72 valence electrons. The van der Waals surface area contributed by atoms with Gasteiger partial charge in [0, 0.05) is 12.6 Å². The van der Waals surface area contributed by atoms with Gasteiger partial charge in [0.1, 0.15) is 0 Å². The first-order chi connectivity index (χ1) is 5.79. The summed E-state index contributed by atoms with van der Waals surface area (Å²) in [5, 5.41) is 13.0. The summed E-state index contributed by atoms with van der Waals surface area (Å²) in [4.78, 5) is 2.32. The van der Waals surface area contributed by atoms with Crippen molar-refractivity contribution >= 4 is 0 Å². The first-order valence-corrected chi connectivity index (χ1v) is 4.92. The summed E-state index contributed by atoms with van der Waals surface area (Å²) in [5.74, 6) is 0. The van der Waals surface area contributed by atoms with Crippen LogP contribution in [0.3, 0.4) is 0 Å². The monoisotopic (exact) mass is 172 g/mol. The van der Waals surface area contributed by atoms with Gasteiger partial charge in [0.2, 0.25) is 0 Å². The highest BCUT2D eigenvalue weighted by Crippen LogP contribution is 2.10. The van der Waals surface area contributed by atoms with Crippen LogP contribution in [0.2, 0.25) is 0 Å². The van der Waals surface area contributed by atoms with Crippen LogP contribution in [0.5, 0.6) is 0 Å². The van der Waals surface area contributed by atoms with Crippen molar-refractivity contribution in [3.05, 3.63) is 0 Å². The van der Waals surface area contributed by atoms with Gasteiger partial charge in [-0.1, -0.05) is 13.8 Å². The minimum Gasteiger partial charge on any atom is -0.391 e. The number of hydrogen-bond acceptors (Lipinski definition) is 3. The number of piperidine rings is 1. The van der Waals surface area contributed by atoms with Crippen LogP contribution in [0.4, 0.5) is 0 Å². The van der Waals surface area contributed by atoms with E-state index >= 15 is 0 Å². The number of nitrogens with one attached hydrogen (secondary N) is 1. The fourth-order valence-corrected chi connectivity index (χ4v) is 1.89. The molecule has 0 aromatic carbocycles. The Bertz CT molecular complexity index is 126. The van der Waals surface area contributed by atoms with Crippen LogP contribution in [0.1, 0.15) is 20.3 Å². The van der Waals surface area contributed by atoms with Gasteiger partial charge in [0.15, 0.2) is 0 Å². The Balaban J connectivity index is 2.45. The molecule has 1 aliphatic heterocycles. The largest absolute Gasteiger partial charge is 0.391 e.